The van der Waals surface area contributed by atoms with Crippen molar-refractivity contribution in [2.45, 2.75) is 57.2 Å². The highest BCUT2D eigenvalue weighted by atomic mass is 32.2. The van der Waals surface area contributed by atoms with E-state index in [4.69, 9.17) is 0 Å². The van der Waals surface area contributed by atoms with Crippen LogP contribution < -0.4 is 5.32 Å². The summed E-state index contributed by atoms with van der Waals surface area (Å²) in [6.07, 6.45) is 9.22. The summed E-state index contributed by atoms with van der Waals surface area (Å²) in [5.74, 6) is 0. The first kappa shape index (κ1) is 14.9. The quantitative estimate of drug-likeness (QED) is 0.899. The Hall–Kier alpha value is -0.480. The van der Waals surface area contributed by atoms with Crippen molar-refractivity contribution < 1.29 is 0 Å². The monoisotopic (exact) mass is 281 g/mol. The summed E-state index contributed by atoms with van der Waals surface area (Å²) in [6.45, 7) is 6.34. The molecule has 1 aromatic rings. The van der Waals surface area contributed by atoms with E-state index in [2.05, 4.69) is 42.3 Å². The minimum Gasteiger partial charge on any atom is -0.311 e. The molecule has 2 rings (SSSR count). The molecule has 0 amide bonds. The lowest BCUT2D eigenvalue weighted by molar-refractivity contribution is 0.379. The molecule has 0 radical (unpaired) electrons. The molecule has 1 fully saturated rings. The summed E-state index contributed by atoms with van der Waals surface area (Å²) in [4.78, 5) is 0. The zero-order valence-electron chi connectivity index (χ0n) is 12.8. The smallest absolute Gasteiger partial charge is 0.0641 e. The summed E-state index contributed by atoms with van der Waals surface area (Å²) >= 11 is 2.06. The molecule has 0 saturated heterocycles. The van der Waals surface area contributed by atoms with Gasteiger partial charge in [-0.1, -0.05) is 19.3 Å². The third kappa shape index (κ3) is 3.34. The lowest BCUT2D eigenvalue weighted by Crippen LogP contribution is -2.39. The second-order valence-electron chi connectivity index (χ2n) is 5.82. The molecule has 1 N–H and O–H groups in total. The number of thioether (sulfide) groups is 1. The maximum atomic E-state index is 4.48. The standard InChI is InChI=1S/C15H27N3S/c1-12-14(13(2)18(3)17-12)10-16-11-15(19-4)8-6-5-7-9-15/h16H,5-11H2,1-4H3. The summed E-state index contributed by atoms with van der Waals surface area (Å²) < 4.78 is 2.46. The van der Waals surface area contributed by atoms with E-state index in [0.29, 0.717) is 4.75 Å². The number of hydrogen-bond donors (Lipinski definition) is 1. The lowest BCUT2D eigenvalue weighted by Gasteiger charge is -2.36. The molecular weight excluding hydrogens is 254 g/mol. The van der Waals surface area contributed by atoms with Crippen molar-refractivity contribution in [3.63, 3.8) is 0 Å². The molecular formula is C15H27N3S. The first-order chi connectivity index (χ1) is 9.08. The van der Waals surface area contributed by atoms with Crippen molar-refractivity contribution in [3.05, 3.63) is 17.0 Å². The Kier molecular flexibility index (Phi) is 4.96. The van der Waals surface area contributed by atoms with E-state index < -0.39 is 0 Å². The van der Waals surface area contributed by atoms with Gasteiger partial charge in [-0.3, -0.25) is 4.68 Å². The Balaban J connectivity index is 1.92. The van der Waals surface area contributed by atoms with E-state index >= 15 is 0 Å². The molecule has 1 heterocycles. The molecule has 108 valence electrons. The topological polar surface area (TPSA) is 29.9 Å². The van der Waals surface area contributed by atoms with Gasteiger partial charge in [0.05, 0.1) is 5.69 Å². The first-order valence-corrected chi connectivity index (χ1v) is 8.55. The fourth-order valence-electron chi connectivity index (χ4n) is 3.14. The highest BCUT2D eigenvalue weighted by molar-refractivity contribution is 8.00. The van der Waals surface area contributed by atoms with Crippen LogP contribution in [0.25, 0.3) is 0 Å². The molecule has 0 aliphatic heterocycles. The van der Waals surface area contributed by atoms with Crippen LogP contribution in [0.5, 0.6) is 0 Å². The molecule has 1 aliphatic carbocycles. The predicted octanol–water partition coefficient (Wildman–Crippen LogP) is 3.19. The third-order valence-corrected chi connectivity index (χ3v) is 6.02. The van der Waals surface area contributed by atoms with Crippen LogP contribution in [0.2, 0.25) is 0 Å². The molecule has 0 aromatic carbocycles. The van der Waals surface area contributed by atoms with Gasteiger partial charge in [-0.05, 0) is 32.9 Å². The normalized spacial score (nSPS) is 18.7. The number of aryl methyl sites for hydroxylation is 2. The van der Waals surface area contributed by atoms with Crippen LogP contribution in [0.3, 0.4) is 0 Å². The minimum absolute atomic E-state index is 0.474. The van der Waals surface area contributed by atoms with Crippen molar-refractivity contribution in [1.82, 2.24) is 15.1 Å². The van der Waals surface area contributed by atoms with Gasteiger partial charge in [0.2, 0.25) is 0 Å². The van der Waals surface area contributed by atoms with Crippen LogP contribution in [-0.2, 0) is 13.6 Å². The summed E-state index contributed by atoms with van der Waals surface area (Å²) in [5.41, 5.74) is 3.82. The van der Waals surface area contributed by atoms with Crippen LogP contribution in [0, 0.1) is 13.8 Å². The Morgan fingerprint density at radius 2 is 1.95 bits per heavy atom. The first-order valence-electron chi connectivity index (χ1n) is 7.33. The van der Waals surface area contributed by atoms with Gasteiger partial charge in [0.1, 0.15) is 0 Å². The van der Waals surface area contributed by atoms with Gasteiger partial charge in [-0.15, -0.1) is 0 Å². The number of nitrogens with one attached hydrogen (secondary N) is 1. The van der Waals surface area contributed by atoms with E-state index in [9.17, 15) is 0 Å². The summed E-state index contributed by atoms with van der Waals surface area (Å²) in [5, 5.41) is 8.17. The highest BCUT2D eigenvalue weighted by Gasteiger charge is 2.30. The number of hydrogen-bond acceptors (Lipinski definition) is 3. The van der Waals surface area contributed by atoms with Gasteiger partial charge in [-0.2, -0.15) is 16.9 Å². The zero-order chi connectivity index (χ0) is 13.9. The SMILES string of the molecule is CSC1(CNCc2c(C)nn(C)c2C)CCCCC1. The van der Waals surface area contributed by atoms with Gasteiger partial charge in [0.15, 0.2) is 0 Å². The fourth-order valence-corrected chi connectivity index (χ4v) is 4.08. The average molecular weight is 281 g/mol. The Morgan fingerprint density at radius 1 is 1.26 bits per heavy atom. The predicted molar refractivity (Wildman–Crippen MR) is 83.7 cm³/mol. The lowest BCUT2D eigenvalue weighted by atomic mass is 9.88. The zero-order valence-corrected chi connectivity index (χ0v) is 13.6. The minimum atomic E-state index is 0.474. The van der Waals surface area contributed by atoms with Crippen molar-refractivity contribution in [2.24, 2.45) is 7.05 Å². The number of rotatable bonds is 5. The van der Waals surface area contributed by atoms with E-state index in [1.807, 2.05) is 11.7 Å². The molecule has 3 nitrogen and oxygen atoms in total. The summed E-state index contributed by atoms with van der Waals surface area (Å²) in [6, 6.07) is 0. The van der Waals surface area contributed by atoms with Crippen LogP contribution in [0.4, 0.5) is 0 Å². The maximum Gasteiger partial charge on any atom is 0.0641 e. The molecule has 1 aromatic heterocycles. The molecule has 0 bridgehead atoms. The maximum absolute atomic E-state index is 4.48. The summed E-state index contributed by atoms with van der Waals surface area (Å²) in [7, 11) is 2.02. The molecule has 1 aliphatic rings. The van der Waals surface area contributed by atoms with Crippen LogP contribution >= 0.6 is 11.8 Å². The van der Waals surface area contributed by atoms with Crippen LogP contribution in [0.15, 0.2) is 0 Å². The number of nitrogens with zero attached hydrogens (tertiary/aromatic N) is 2. The van der Waals surface area contributed by atoms with Crippen molar-refractivity contribution in [2.75, 3.05) is 12.8 Å². The largest absolute Gasteiger partial charge is 0.311 e. The molecule has 19 heavy (non-hydrogen) atoms. The third-order valence-electron chi connectivity index (χ3n) is 4.61. The van der Waals surface area contributed by atoms with Crippen molar-refractivity contribution >= 4 is 11.8 Å². The molecule has 4 heteroatoms. The van der Waals surface area contributed by atoms with E-state index in [0.717, 1.165) is 18.8 Å². The second-order valence-corrected chi connectivity index (χ2v) is 7.10. The van der Waals surface area contributed by atoms with E-state index in [1.165, 1.54) is 43.4 Å². The van der Waals surface area contributed by atoms with Gasteiger partial charge < -0.3 is 5.32 Å². The average Bonchev–Trinajstić information content (AvgIpc) is 2.66. The van der Waals surface area contributed by atoms with Crippen LogP contribution in [0.1, 0.15) is 49.1 Å². The molecule has 0 unspecified atom stereocenters. The van der Waals surface area contributed by atoms with Crippen LogP contribution in [-0.4, -0.2) is 27.3 Å². The fraction of sp³-hybridized carbons (Fsp3) is 0.800. The highest BCUT2D eigenvalue weighted by Crippen LogP contribution is 2.38. The van der Waals surface area contributed by atoms with E-state index in [-0.39, 0.29) is 0 Å². The van der Waals surface area contributed by atoms with Crippen molar-refractivity contribution in [1.29, 1.82) is 0 Å². The van der Waals surface area contributed by atoms with Gasteiger partial charge in [0.25, 0.3) is 0 Å². The van der Waals surface area contributed by atoms with Crippen molar-refractivity contribution in [3.8, 4) is 0 Å². The Morgan fingerprint density at radius 3 is 2.47 bits per heavy atom. The number of aromatic nitrogens is 2. The second kappa shape index (κ2) is 6.31. The Labute approximate surface area is 121 Å². The van der Waals surface area contributed by atoms with E-state index in [1.54, 1.807) is 0 Å². The molecule has 0 atom stereocenters. The Bertz CT molecular complexity index is 419. The van der Waals surface area contributed by atoms with Gasteiger partial charge in [0, 0.05) is 36.1 Å². The molecule has 0 spiro atoms. The van der Waals surface area contributed by atoms with Gasteiger partial charge >= 0.3 is 0 Å². The van der Waals surface area contributed by atoms with Gasteiger partial charge in [-0.25, -0.2) is 0 Å². The molecule has 1 saturated carbocycles.